The summed E-state index contributed by atoms with van der Waals surface area (Å²) in [5.41, 5.74) is 5.10. The van der Waals surface area contributed by atoms with Gasteiger partial charge in [-0.25, -0.2) is 13.6 Å². The summed E-state index contributed by atoms with van der Waals surface area (Å²) >= 11 is 0. The molecule has 4 N–H and O–H groups in total. The van der Waals surface area contributed by atoms with Crippen molar-refractivity contribution in [1.82, 2.24) is 14.5 Å². The van der Waals surface area contributed by atoms with E-state index >= 15 is 4.39 Å². The number of alkyl halides is 2. The van der Waals surface area contributed by atoms with Gasteiger partial charge in [0.2, 0.25) is 0 Å². The summed E-state index contributed by atoms with van der Waals surface area (Å²) in [6.45, 7) is 1.42. The molecule has 5 unspecified atom stereocenters. The highest BCUT2D eigenvalue weighted by molar-refractivity contribution is 5.61. The number of H-pyrrole nitrogens is 1. The Balaban J connectivity index is 1.91. The van der Waals surface area contributed by atoms with Crippen molar-refractivity contribution in [2.24, 2.45) is 11.7 Å². The molecule has 1 aliphatic heterocycles. The molecule has 2 heterocycles. The van der Waals surface area contributed by atoms with Gasteiger partial charge >= 0.3 is 5.69 Å². The minimum absolute atomic E-state index is 0.0276. The van der Waals surface area contributed by atoms with E-state index in [9.17, 15) is 19.1 Å². The van der Waals surface area contributed by atoms with E-state index in [0.29, 0.717) is 10.9 Å². The molecule has 29 heavy (non-hydrogen) atoms. The number of nitrogens with two attached hydrogens (primary N) is 1. The summed E-state index contributed by atoms with van der Waals surface area (Å²) < 4.78 is 37.0. The smallest absolute Gasteiger partial charge is 0.329 e. The molecule has 1 aromatic heterocycles. The van der Waals surface area contributed by atoms with Crippen molar-refractivity contribution in [3.63, 3.8) is 0 Å². The van der Waals surface area contributed by atoms with Crippen LogP contribution in [-0.4, -0.2) is 70.8 Å². The van der Waals surface area contributed by atoms with Crippen molar-refractivity contribution in [2.45, 2.75) is 50.2 Å². The number of aromatic amines is 1. The first-order valence-electron chi connectivity index (χ1n) is 9.82. The number of fused-ring (bicyclic) bond motifs is 1. The molecule has 0 aromatic carbocycles. The lowest BCUT2D eigenvalue weighted by Crippen LogP contribution is -2.61. The van der Waals surface area contributed by atoms with Crippen LogP contribution in [0.2, 0.25) is 0 Å². The number of nitrogens with zero attached hydrogens (tertiary/aromatic N) is 2. The molecule has 8 nitrogen and oxygen atoms in total. The highest BCUT2D eigenvalue weighted by atomic mass is 19.1. The molecule has 0 amide bonds. The molecule has 2 fully saturated rings. The average molecular weight is 412 g/mol. The Morgan fingerprint density at radius 2 is 2.00 bits per heavy atom. The number of methoxy groups -OCH3 is 1. The molecular weight excluding hydrogens is 386 g/mol. The Kier molecular flexibility index (Phi) is 5.12. The van der Waals surface area contributed by atoms with Crippen molar-refractivity contribution >= 4 is 11.3 Å². The summed E-state index contributed by atoms with van der Waals surface area (Å²) in [6.07, 6.45) is -1.42. The molecule has 160 valence electrons. The molecule has 0 radical (unpaired) electrons. The van der Waals surface area contributed by atoms with Crippen LogP contribution in [0.15, 0.2) is 9.59 Å². The highest BCUT2D eigenvalue weighted by Gasteiger charge is 2.45. The largest absolute Gasteiger partial charge is 0.497 e. The average Bonchev–Trinajstić information content (AvgIpc) is 3.44. The van der Waals surface area contributed by atoms with E-state index in [4.69, 9.17) is 10.5 Å². The Morgan fingerprint density at radius 1 is 1.31 bits per heavy atom. The number of likely N-dealkylation sites (tertiary alicyclic amines) is 1. The van der Waals surface area contributed by atoms with Crippen LogP contribution in [-0.2, 0) is 4.74 Å². The maximum Gasteiger partial charge on any atom is 0.329 e. The monoisotopic (exact) mass is 412 g/mol. The number of aliphatic hydroxyl groups is 1. The van der Waals surface area contributed by atoms with Gasteiger partial charge in [-0.05, 0) is 25.3 Å². The van der Waals surface area contributed by atoms with Gasteiger partial charge in [-0.3, -0.25) is 19.2 Å². The lowest BCUT2D eigenvalue weighted by atomic mass is 9.94. The molecule has 2 aliphatic carbocycles. The van der Waals surface area contributed by atoms with Crippen LogP contribution in [0.25, 0.3) is 11.3 Å². The molecule has 0 spiro atoms. The third-order valence-electron chi connectivity index (χ3n) is 6.34. The highest BCUT2D eigenvalue weighted by Crippen LogP contribution is 2.34. The van der Waals surface area contributed by atoms with Gasteiger partial charge in [0.25, 0.3) is 5.56 Å². The van der Waals surface area contributed by atoms with Crippen LogP contribution in [0.1, 0.15) is 25.8 Å². The fraction of sp³-hybridized carbons (Fsp3) is 0.684. The maximum atomic E-state index is 15.6. The molecule has 0 bridgehead atoms. The van der Waals surface area contributed by atoms with E-state index in [1.54, 1.807) is 11.8 Å². The number of aliphatic hydroxyl groups excluding tert-OH is 1. The van der Waals surface area contributed by atoms with Gasteiger partial charge in [-0.1, -0.05) is 0 Å². The molecular formula is C19H26F2N4O4. The Hall–Kier alpha value is -2.04. The minimum Gasteiger partial charge on any atom is -0.497 e. The van der Waals surface area contributed by atoms with Gasteiger partial charge in [0.05, 0.1) is 25.1 Å². The van der Waals surface area contributed by atoms with Crippen LogP contribution in [0.3, 0.4) is 0 Å². The van der Waals surface area contributed by atoms with Gasteiger partial charge in [0, 0.05) is 31.1 Å². The van der Waals surface area contributed by atoms with Gasteiger partial charge in [-0.15, -0.1) is 0 Å². The third kappa shape index (κ3) is 3.13. The van der Waals surface area contributed by atoms with Gasteiger partial charge < -0.3 is 15.6 Å². The number of rotatable bonds is 5. The van der Waals surface area contributed by atoms with Crippen molar-refractivity contribution in [1.29, 1.82) is 0 Å². The molecule has 1 aromatic rings. The summed E-state index contributed by atoms with van der Waals surface area (Å²) in [4.78, 5) is 28.9. The standard InChI is InChI=1S/C19H26F2N4O4/c1-8-15-13(18(27)23-19(28)25(15)9-3-4-9)17(29-2)14(21)16(8)24-5-10(11(20)6-24)12(22)7-26/h9-12,14,16,26H,3-7,22H2,1-2H3,(H,23,27,28). The SMILES string of the molecule is COC1=c2c(=O)[nH]c(=O)n(C3CC3)c2=C(C)C(N2CC(F)C(C(N)CO)C2)C1F. The fourth-order valence-electron chi connectivity index (χ4n) is 4.75. The molecule has 3 aliphatic rings. The first kappa shape index (κ1) is 20.2. The summed E-state index contributed by atoms with van der Waals surface area (Å²) in [5.74, 6) is -0.784. The summed E-state index contributed by atoms with van der Waals surface area (Å²) in [6, 6.07) is -1.69. The number of aromatic nitrogens is 2. The zero-order valence-electron chi connectivity index (χ0n) is 16.4. The van der Waals surface area contributed by atoms with E-state index < -0.39 is 41.6 Å². The first-order chi connectivity index (χ1) is 13.8. The van der Waals surface area contributed by atoms with Crippen LogP contribution in [0, 0.1) is 5.92 Å². The number of hydrogen-bond acceptors (Lipinski definition) is 6. The number of hydrogen-bond donors (Lipinski definition) is 3. The number of halogens is 2. The normalized spacial score (nSPS) is 31.1. The zero-order valence-corrected chi connectivity index (χ0v) is 16.4. The lowest BCUT2D eigenvalue weighted by molar-refractivity contribution is 0.160. The predicted octanol–water partition coefficient (Wildman–Crippen LogP) is -1.89. The number of nitrogens with one attached hydrogen (secondary N) is 1. The molecule has 5 atom stereocenters. The minimum atomic E-state index is -1.70. The van der Waals surface area contributed by atoms with Crippen molar-refractivity contribution in [3.05, 3.63) is 31.4 Å². The van der Waals surface area contributed by atoms with Crippen molar-refractivity contribution in [3.8, 4) is 0 Å². The van der Waals surface area contributed by atoms with E-state index in [0.717, 1.165) is 12.8 Å². The van der Waals surface area contributed by atoms with E-state index in [-0.39, 0.29) is 36.7 Å². The van der Waals surface area contributed by atoms with Crippen LogP contribution < -0.4 is 27.6 Å². The Bertz CT molecular complexity index is 1050. The van der Waals surface area contributed by atoms with Gasteiger partial charge in [0.1, 0.15) is 17.1 Å². The maximum absolute atomic E-state index is 15.6. The van der Waals surface area contributed by atoms with Gasteiger partial charge in [0.15, 0.2) is 6.17 Å². The zero-order chi connectivity index (χ0) is 21.0. The lowest BCUT2D eigenvalue weighted by Gasteiger charge is -2.34. The Morgan fingerprint density at radius 3 is 2.59 bits per heavy atom. The number of ether oxygens (including phenoxy) is 1. The fourth-order valence-corrected chi connectivity index (χ4v) is 4.75. The quantitative estimate of drug-likeness (QED) is 0.521. The van der Waals surface area contributed by atoms with Crippen LogP contribution in [0.5, 0.6) is 0 Å². The molecule has 1 saturated heterocycles. The van der Waals surface area contributed by atoms with E-state index in [1.807, 2.05) is 0 Å². The second-order valence-corrected chi connectivity index (χ2v) is 8.16. The molecule has 4 rings (SSSR count). The predicted molar refractivity (Wildman–Crippen MR) is 102 cm³/mol. The van der Waals surface area contributed by atoms with Gasteiger partial charge in [-0.2, -0.15) is 0 Å². The first-order valence-corrected chi connectivity index (χ1v) is 9.82. The van der Waals surface area contributed by atoms with E-state index in [2.05, 4.69) is 4.98 Å². The van der Waals surface area contributed by atoms with Crippen LogP contribution >= 0.6 is 0 Å². The molecule has 1 saturated carbocycles. The summed E-state index contributed by atoms with van der Waals surface area (Å²) in [5, 5.41) is 9.69. The van der Waals surface area contributed by atoms with Crippen molar-refractivity contribution in [2.75, 3.05) is 26.8 Å². The molecule has 10 heteroatoms. The van der Waals surface area contributed by atoms with E-state index in [1.165, 1.54) is 11.7 Å². The van der Waals surface area contributed by atoms with Crippen LogP contribution in [0.4, 0.5) is 8.78 Å². The van der Waals surface area contributed by atoms with Crippen molar-refractivity contribution < 1.29 is 18.6 Å². The second kappa shape index (κ2) is 7.33. The summed E-state index contributed by atoms with van der Waals surface area (Å²) in [7, 11) is 1.28. The third-order valence-corrected chi connectivity index (χ3v) is 6.34. The Labute approximate surface area is 165 Å². The topological polar surface area (TPSA) is 114 Å². The second-order valence-electron chi connectivity index (χ2n) is 8.16.